The maximum absolute atomic E-state index is 11.3. The van der Waals surface area contributed by atoms with Crippen molar-refractivity contribution in [2.45, 2.75) is 39.0 Å². The van der Waals surface area contributed by atoms with Crippen molar-refractivity contribution in [2.24, 2.45) is 5.73 Å². The molecular weight excluding hydrogens is 304 g/mol. The number of unbranched alkanes of at least 4 members (excludes halogenated alkanes) is 4. The summed E-state index contributed by atoms with van der Waals surface area (Å²) < 4.78 is 5.79. The van der Waals surface area contributed by atoms with Crippen LogP contribution in [0.3, 0.4) is 0 Å². The van der Waals surface area contributed by atoms with Gasteiger partial charge in [-0.1, -0.05) is 44.7 Å². The van der Waals surface area contributed by atoms with E-state index in [0.29, 0.717) is 12.3 Å². The molecule has 0 aliphatic rings. The first kappa shape index (κ1) is 17.7. The molecule has 0 saturated heterocycles. The van der Waals surface area contributed by atoms with Crippen molar-refractivity contribution in [1.29, 1.82) is 0 Å². The van der Waals surface area contributed by atoms with Crippen molar-refractivity contribution in [1.82, 2.24) is 9.97 Å². The summed E-state index contributed by atoms with van der Waals surface area (Å²) >= 11 is 0. The third kappa shape index (κ3) is 5.22. The zero-order valence-corrected chi connectivity index (χ0v) is 14.0. The van der Waals surface area contributed by atoms with E-state index in [2.05, 4.69) is 16.9 Å². The van der Waals surface area contributed by atoms with Crippen LogP contribution in [0.25, 0.3) is 11.3 Å². The first-order valence-electron chi connectivity index (χ1n) is 8.27. The van der Waals surface area contributed by atoms with Gasteiger partial charge in [-0.15, -0.1) is 0 Å². The van der Waals surface area contributed by atoms with Crippen molar-refractivity contribution < 1.29 is 9.53 Å². The maximum Gasteiger partial charge on any atom is 0.267 e. The summed E-state index contributed by atoms with van der Waals surface area (Å²) in [7, 11) is 0. The maximum atomic E-state index is 11.3. The molecule has 4 N–H and O–H groups in total. The number of nitrogens with zero attached hydrogens (tertiary/aromatic N) is 2. The van der Waals surface area contributed by atoms with Crippen LogP contribution in [-0.2, 0) is 0 Å². The minimum absolute atomic E-state index is 0.0172. The SMILES string of the molecule is CCCCCCCOc1cccc(-c2cc(C(N)=O)nc(N)n2)c1. The van der Waals surface area contributed by atoms with Crippen LogP contribution < -0.4 is 16.2 Å². The highest BCUT2D eigenvalue weighted by Crippen LogP contribution is 2.23. The number of amides is 1. The van der Waals surface area contributed by atoms with Gasteiger partial charge in [-0.05, 0) is 24.6 Å². The molecule has 0 aliphatic heterocycles. The van der Waals surface area contributed by atoms with Crippen LogP contribution in [0, 0.1) is 0 Å². The molecule has 0 aliphatic carbocycles. The second-order valence-corrected chi connectivity index (χ2v) is 5.65. The second-order valence-electron chi connectivity index (χ2n) is 5.65. The zero-order chi connectivity index (χ0) is 17.4. The van der Waals surface area contributed by atoms with Crippen molar-refractivity contribution in [2.75, 3.05) is 12.3 Å². The van der Waals surface area contributed by atoms with E-state index in [0.717, 1.165) is 17.7 Å². The molecule has 0 atom stereocenters. The van der Waals surface area contributed by atoms with E-state index in [1.807, 2.05) is 24.3 Å². The number of ether oxygens (including phenoxy) is 1. The standard InChI is InChI=1S/C18H24N4O2/c1-2-3-4-5-6-10-24-14-9-7-8-13(11-14)15-12-16(17(19)23)22-18(20)21-15/h7-9,11-12H,2-6,10H2,1H3,(H2,19,23)(H2,20,21,22). The van der Waals surface area contributed by atoms with Crippen molar-refractivity contribution >= 4 is 11.9 Å². The van der Waals surface area contributed by atoms with Crippen molar-refractivity contribution in [3.8, 4) is 17.0 Å². The number of benzene rings is 1. The summed E-state index contributed by atoms with van der Waals surface area (Å²) in [6.45, 7) is 2.89. The van der Waals surface area contributed by atoms with Crippen LogP contribution in [0.2, 0.25) is 0 Å². The third-order valence-electron chi connectivity index (χ3n) is 3.64. The Morgan fingerprint density at radius 1 is 1.12 bits per heavy atom. The Balaban J connectivity index is 2.03. The van der Waals surface area contributed by atoms with Crippen LogP contribution in [0.4, 0.5) is 5.95 Å². The molecule has 24 heavy (non-hydrogen) atoms. The molecule has 1 amide bonds. The van der Waals surface area contributed by atoms with Gasteiger partial charge < -0.3 is 16.2 Å². The van der Waals surface area contributed by atoms with Gasteiger partial charge in [0.25, 0.3) is 5.91 Å². The fraction of sp³-hybridized carbons (Fsp3) is 0.389. The molecular formula is C18H24N4O2. The minimum Gasteiger partial charge on any atom is -0.494 e. The first-order chi connectivity index (χ1) is 11.6. The van der Waals surface area contributed by atoms with Crippen LogP contribution in [0.1, 0.15) is 49.5 Å². The smallest absolute Gasteiger partial charge is 0.267 e. The number of carbonyl (C=O) groups is 1. The Morgan fingerprint density at radius 3 is 2.67 bits per heavy atom. The van der Waals surface area contributed by atoms with E-state index in [4.69, 9.17) is 16.2 Å². The Kier molecular flexibility index (Phi) is 6.54. The Labute approximate surface area is 142 Å². The highest BCUT2D eigenvalue weighted by molar-refractivity contribution is 5.92. The quantitative estimate of drug-likeness (QED) is 0.688. The number of aromatic nitrogens is 2. The van der Waals surface area contributed by atoms with E-state index in [1.54, 1.807) is 0 Å². The fourth-order valence-corrected chi connectivity index (χ4v) is 2.38. The highest BCUT2D eigenvalue weighted by atomic mass is 16.5. The van der Waals surface area contributed by atoms with Crippen molar-refractivity contribution in [3.63, 3.8) is 0 Å². The number of rotatable bonds is 9. The molecule has 1 heterocycles. The van der Waals surface area contributed by atoms with E-state index in [-0.39, 0.29) is 11.6 Å². The molecule has 0 fully saturated rings. The fourth-order valence-electron chi connectivity index (χ4n) is 2.38. The van der Waals surface area contributed by atoms with Gasteiger partial charge in [0.15, 0.2) is 0 Å². The first-order valence-corrected chi connectivity index (χ1v) is 8.27. The molecule has 0 bridgehead atoms. The summed E-state index contributed by atoms with van der Waals surface area (Å²) in [4.78, 5) is 19.3. The van der Waals surface area contributed by atoms with Gasteiger partial charge in [-0.2, -0.15) is 0 Å². The highest BCUT2D eigenvalue weighted by Gasteiger charge is 2.09. The Bertz CT molecular complexity index is 688. The van der Waals surface area contributed by atoms with Gasteiger partial charge >= 0.3 is 0 Å². The number of hydrogen-bond acceptors (Lipinski definition) is 5. The predicted octanol–water partition coefficient (Wildman–Crippen LogP) is 3.17. The molecule has 128 valence electrons. The van der Waals surface area contributed by atoms with Crippen LogP contribution in [0.5, 0.6) is 5.75 Å². The zero-order valence-electron chi connectivity index (χ0n) is 14.0. The number of anilines is 1. The minimum atomic E-state index is -0.634. The average molecular weight is 328 g/mol. The molecule has 0 unspecified atom stereocenters. The molecule has 6 heteroatoms. The summed E-state index contributed by atoms with van der Waals surface area (Å²) in [5, 5.41) is 0. The van der Waals surface area contributed by atoms with E-state index < -0.39 is 5.91 Å². The number of nitrogens with two attached hydrogens (primary N) is 2. The number of hydrogen-bond donors (Lipinski definition) is 2. The Morgan fingerprint density at radius 2 is 1.92 bits per heavy atom. The lowest BCUT2D eigenvalue weighted by Gasteiger charge is -2.09. The normalized spacial score (nSPS) is 10.5. The van der Waals surface area contributed by atoms with E-state index in [1.165, 1.54) is 31.7 Å². The lowest BCUT2D eigenvalue weighted by Crippen LogP contribution is -2.15. The average Bonchev–Trinajstić information content (AvgIpc) is 2.57. The molecule has 2 rings (SSSR count). The molecule has 1 aromatic carbocycles. The predicted molar refractivity (Wildman–Crippen MR) is 94.7 cm³/mol. The number of carbonyl (C=O) groups excluding carboxylic acids is 1. The molecule has 1 aromatic heterocycles. The van der Waals surface area contributed by atoms with E-state index in [9.17, 15) is 4.79 Å². The largest absolute Gasteiger partial charge is 0.494 e. The lowest BCUT2D eigenvalue weighted by atomic mass is 10.1. The van der Waals surface area contributed by atoms with Gasteiger partial charge in [0.05, 0.1) is 12.3 Å². The molecule has 0 radical (unpaired) electrons. The summed E-state index contributed by atoms with van der Waals surface area (Å²) in [6, 6.07) is 9.06. The van der Waals surface area contributed by atoms with Crippen LogP contribution in [0.15, 0.2) is 30.3 Å². The van der Waals surface area contributed by atoms with Gasteiger partial charge in [0.2, 0.25) is 5.95 Å². The molecule has 2 aromatic rings. The molecule has 6 nitrogen and oxygen atoms in total. The van der Waals surface area contributed by atoms with Crippen LogP contribution >= 0.6 is 0 Å². The van der Waals surface area contributed by atoms with Gasteiger partial charge in [0.1, 0.15) is 11.4 Å². The van der Waals surface area contributed by atoms with Crippen LogP contribution in [-0.4, -0.2) is 22.5 Å². The van der Waals surface area contributed by atoms with Crippen molar-refractivity contribution in [3.05, 3.63) is 36.0 Å². The Hall–Kier alpha value is -2.63. The third-order valence-corrected chi connectivity index (χ3v) is 3.64. The number of nitrogen functional groups attached to an aromatic ring is 1. The molecule has 0 spiro atoms. The van der Waals surface area contributed by atoms with Gasteiger partial charge in [-0.3, -0.25) is 4.79 Å². The van der Waals surface area contributed by atoms with Gasteiger partial charge in [0, 0.05) is 5.56 Å². The second kappa shape index (κ2) is 8.86. The summed E-state index contributed by atoms with van der Waals surface area (Å²) in [5.74, 6) is 0.147. The monoisotopic (exact) mass is 328 g/mol. The number of primary amides is 1. The summed E-state index contributed by atoms with van der Waals surface area (Å²) in [6.07, 6.45) is 5.97. The van der Waals surface area contributed by atoms with E-state index >= 15 is 0 Å². The topological polar surface area (TPSA) is 104 Å². The molecule has 0 saturated carbocycles. The summed E-state index contributed by atoms with van der Waals surface area (Å²) in [5.41, 5.74) is 12.4. The lowest BCUT2D eigenvalue weighted by molar-refractivity contribution is 0.0995. The van der Waals surface area contributed by atoms with Gasteiger partial charge in [-0.25, -0.2) is 9.97 Å².